The lowest BCUT2D eigenvalue weighted by atomic mass is 10.1. The van der Waals surface area contributed by atoms with Crippen LogP contribution >= 0.6 is 0 Å². The molecule has 8 heteroatoms. The van der Waals surface area contributed by atoms with Crippen molar-refractivity contribution in [2.75, 3.05) is 0 Å². The number of aromatic amines is 1. The lowest BCUT2D eigenvalue weighted by molar-refractivity contribution is -0.137. The van der Waals surface area contributed by atoms with Crippen LogP contribution in [0, 0.1) is 11.3 Å². The lowest BCUT2D eigenvalue weighted by Gasteiger charge is -2.13. The van der Waals surface area contributed by atoms with E-state index in [-0.39, 0.29) is 11.4 Å². The molecule has 5 nitrogen and oxygen atoms in total. The number of para-hydroxylation sites is 1. The minimum Gasteiger partial charge on any atom is -0.323 e. The number of nitrogens with one attached hydrogen (secondary N) is 1. The molecule has 2 heterocycles. The number of nitrogens with zero attached hydrogens (tertiary/aromatic N) is 4. The first-order valence-electron chi connectivity index (χ1n) is 6.16. The van der Waals surface area contributed by atoms with Crippen molar-refractivity contribution >= 4 is 0 Å². The first-order valence-corrected chi connectivity index (χ1v) is 6.16. The number of halogens is 3. The highest BCUT2D eigenvalue weighted by Gasteiger charge is 2.33. The minimum atomic E-state index is -4.45. The molecule has 0 bridgehead atoms. The Hall–Kier alpha value is -3.08. The van der Waals surface area contributed by atoms with Crippen molar-refractivity contribution in [2.45, 2.75) is 6.18 Å². The van der Waals surface area contributed by atoms with Crippen molar-refractivity contribution in [3.8, 4) is 23.0 Å². The summed E-state index contributed by atoms with van der Waals surface area (Å²) in [5, 5.41) is 18.7. The molecule has 0 aliphatic rings. The van der Waals surface area contributed by atoms with Gasteiger partial charge in [0.15, 0.2) is 5.69 Å². The summed E-state index contributed by atoms with van der Waals surface area (Å²) in [6, 6.07) is 8.70. The van der Waals surface area contributed by atoms with Crippen LogP contribution in [0.5, 0.6) is 0 Å². The second-order valence-corrected chi connectivity index (χ2v) is 4.45. The number of rotatable bonds is 2. The van der Waals surface area contributed by atoms with Crippen LogP contribution in [-0.4, -0.2) is 20.0 Å². The Balaban J connectivity index is 2.08. The van der Waals surface area contributed by atoms with Gasteiger partial charge in [0.05, 0.1) is 11.3 Å². The third-order valence-electron chi connectivity index (χ3n) is 3.11. The summed E-state index contributed by atoms with van der Waals surface area (Å²) in [6.07, 6.45) is -1.49. The molecule has 110 valence electrons. The van der Waals surface area contributed by atoms with Crippen LogP contribution in [0.4, 0.5) is 13.2 Å². The molecule has 1 aromatic carbocycles. The molecule has 0 radical (unpaired) electrons. The van der Waals surface area contributed by atoms with Gasteiger partial charge in [0, 0.05) is 18.0 Å². The number of H-pyrrole nitrogens is 1. The van der Waals surface area contributed by atoms with Gasteiger partial charge in [-0.2, -0.15) is 28.7 Å². The average Bonchev–Trinajstić information content (AvgIpc) is 3.14. The smallest absolute Gasteiger partial charge is 0.323 e. The summed E-state index contributed by atoms with van der Waals surface area (Å²) in [4.78, 5) is 0. The molecule has 0 unspecified atom stereocenters. The number of alkyl halides is 3. The Kier molecular flexibility index (Phi) is 3.18. The maximum atomic E-state index is 13.0. The van der Waals surface area contributed by atoms with Crippen LogP contribution in [-0.2, 0) is 6.18 Å². The van der Waals surface area contributed by atoms with Crippen molar-refractivity contribution in [1.82, 2.24) is 20.0 Å². The molecule has 1 N–H and O–H groups in total. The van der Waals surface area contributed by atoms with E-state index in [0.717, 1.165) is 6.07 Å². The second kappa shape index (κ2) is 5.04. The Morgan fingerprint density at radius 2 is 1.91 bits per heavy atom. The van der Waals surface area contributed by atoms with E-state index < -0.39 is 11.7 Å². The summed E-state index contributed by atoms with van der Waals surface area (Å²) in [5.74, 6) is 0. The fourth-order valence-electron chi connectivity index (χ4n) is 2.14. The maximum absolute atomic E-state index is 13.0. The van der Waals surface area contributed by atoms with Crippen LogP contribution in [0.2, 0.25) is 0 Å². The van der Waals surface area contributed by atoms with Crippen LogP contribution in [0.25, 0.3) is 16.9 Å². The van der Waals surface area contributed by atoms with Crippen molar-refractivity contribution in [3.05, 3.63) is 54.0 Å². The number of hydrogen-bond acceptors (Lipinski definition) is 3. The summed E-state index contributed by atoms with van der Waals surface area (Å²) < 4.78 is 40.5. The van der Waals surface area contributed by atoms with E-state index in [1.165, 1.54) is 35.2 Å². The van der Waals surface area contributed by atoms with E-state index in [1.54, 1.807) is 6.07 Å². The molecule has 3 rings (SSSR count). The maximum Gasteiger partial charge on any atom is 0.418 e. The van der Waals surface area contributed by atoms with Gasteiger partial charge in [0.2, 0.25) is 0 Å². The van der Waals surface area contributed by atoms with Crippen LogP contribution < -0.4 is 0 Å². The first-order chi connectivity index (χ1) is 10.5. The predicted octanol–water partition coefficient (Wildman–Crippen LogP) is 3.15. The van der Waals surface area contributed by atoms with Gasteiger partial charge in [0.1, 0.15) is 11.8 Å². The Morgan fingerprint density at radius 3 is 2.64 bits per heavy atom. The highest BCUT2D eigenvalue weighted by molar-refractivity contribution is 5.64. The summed E-state index contributed by atoms with van der Waals surface area (Å²) in [7, 11) is 0. The van der Waals surface area contributed by atoms with Gasteiger partial charge in [-0.1, -0.05) is 12.1 Å². The fraction of sp³-hybridized carbons (Fsp3) is 0.0714. The molecule has 0 atom stereocenters. The molecule has 3 aromatic rings. The molecule has 0 aliphatic carbocycles. The SMILES string of the molecule is N#Cc1n[nH]nc1-c1ccn(-c2ccccc2C(F)(F)F)c1. The first kappa shape index (κ1) is 13.9. The molecule has 0 amide bonds. The molecule has 0 spiro atoms. The van der Waals surface area contributed by atoms with E-state index >= 15 is 0 Å². The van der Waals surface area contributed by atoms with E-state index in [9.17, 15) is 13.2 Å². The summed E-state index contributed by atoms with van der Waals surface area (Å²) in [5.41, 5.74) is 0.149. The monoisotopic (exact) mass is 303 g/mol. The van der Waals surface area contributed by atoms with Gasteiger partial charge >= 0.3 is 6.18 Å². The van der Waals surface area contributed by atoms with Crippen molar-refractivity contribution in [3.63, 3.8) is 0 Å². The standard InChI is InChI=1S/C14H8F3N5/c15-14(16,17)10-3-1-2-4-12(10)22-6-5-9(8-22)13-11(7-18)19-21-20-13/h1-6,8H,(H,19,20,21). The fourth-order valence-corrected chi connectivity index (χ4v) is 2.14. The number of aromatic nitrogens is 4. The molecular formula is C14H8F3N5. The van der Waals surface area contributed by atoms with Gasteiger partial charge in [-0.25, -0.2) is 0 Å². The van der Waals surface area contributed by atoms with Crippen molar-refractivity contribution < 1.29 is 13.2 Å². The third-order valence-corrected chi connectivity index (χ3v) is 3.11. The zero-order chi connectivity index (χ0) is 15.7. The highest BCUT2D eigenvalue weighted by Crippen LogP contribution is 2.34. The molecule has 22 heavy (non-hydrogen) atoms. The highest BCUT2D eigenvalue weighted by atomic mass is 19.4. The van der Waals surface area contributed by atoms with Gasteiger partial charge in [-0.15, -0.1) is 5.10 Å². The van der Waals surface area contributed by atoms with E-state index in [4.69, 9.17) is 5.26 Å². The topological polar surface area (TPSA) is 70.3 Å². The predicted molar refractivity (Wildman–Crippen MR) is 70.9 cm³/mol. The Morgan fingerprint density at radius 1 is 1.14 bits per heavy atom. The Bertz CT molecular complexity index is 854. The quantitative estimate of drug-likeness (QED) is 0.790. The average molecular weight is 303 g/mol. The lowest BCUT2D eigenvalue weighted by Crippen LogP contribution is -2.09. The molecule has 0 saturated carbocycles. The number of hydrogen-bond donors (Lipinski definition) is 1. The van der Waals surface area contributed by atoms with Gasteiger partial charge in [-0.3, -0.25) is 0 Å². The summed E-state index contributed by atoms with van der Waals surface area (Å²) in [6.45, 7) is 0. The zero-order valence-electron chi connectivity index (χ0n) is 11.0. The molecule has 0 saturated heterocycles. The van der Waals surface area contributed by atoms with E-state index in [1.807, 2.05) is 6.07 Å². The van der Waals surface area contributed by atoms with Crippen LogP contribution in [0.1, 0.15) is 11.3 Å². The Labute approximate surface area is 122 Å². The minimum absolute atomic E-state index is 0.00301. The van der Waals surface area contributed by atoms with E-state index in [2.05, 4.69) is 15.4 Å². The normalized spacial score (nSPS) is 11.4. The number of benzene rings is 1. The molecular weight excluding hydrogens is 295 g/mol. The van der Waals surface area contributed by atoms with Gasteiger partial charge in [0.25, 0.3) is 0 Å². The van der Waals surface area contributed by atoms with Crippen LogP contribution in [0.15, 0.2) is 42.7 Å². The van der Waals surface area contributed by atoms with Gasteiger partial charge < -0.3 is 4.57 Å². The molecule has 0 aliphatic heterocycles. The zero-order valence-corrected chi connectivity index (χ0v) is 11.0. The van der Waals surface area contributed by atoms with Crippen molar-refractivity contribution in [2.24, 2.45) is 0 Å². The van der Waals surface area contributed by atoms with Gasteiger partial charge in [-0.05, 0) is 18.2 Å². The number of nitriles is 1. The van der Waals surface area contributed by atoms with Crippen molar-refractivity contribution in [1.29, 1.82) is 5.26 Å². The second-order valence-electron chi connectivity index (χ2n) is 4.45. The third kappa shape index (κ3) is 2.33. The van der Waals surface area contributed by atoms with E-state index in [0.29, 0.717) is 11.3 Å². The summed E-state index contributed by atoms with van der Waals surface area (Å²) >= 11 is 0. The molecule has 2 aromatic heterocycles. The van der Waals surface area contributed by atoms with Crippen LogP contribution in [0.3, 0.4) is 0 Å². The molecule has 0 fully saturated rings. The largest absolute Gasteiger partial charge is 0.418 e.